The monoisotopic (exact) mass is 292 g/mol. The molecule has 0 spiro atoms. The predicted molar refractivity (Wildman–Crippen MR) is 78.4 cm³/mol. The van der Waals surface area contributed by atoms with Crippen molar-refractivity contribution >= 4 is 29.4 Å². The van der Waals surface area contributed by atoms with Crippen molar-refractivity contribution in [2.75, 3.05) is 5.32 Å². The summed E-state index contributed by atoms with van der Waals surface area (Å²) in [4.78, 5) is 15.1. The topological polar surface area (TPSA) is 42.0 Å². The number of aromatic nitrogens is 1. The van der Waals surface area contributed by atoms with Crippen LogP contribution in [-0.4, -0.2) is 11.3 Å². The molecule has 0 radical (unpaired) electrons. The van der Waals surface area contributed by atoms with E-state index in [1.807, 2.05) is 13.8 Å². The smallest absolute Gasteiger partial charge is 0.151 e. The fourth-order valence-corrected chi connectivity index (χ4v) is 2.04. The van der Waals surface area contributed by atoms with E-state index in [4.69, 9.17) is 11.6 Å². The fourth-order valence-electron chi connectivity index (χ4n) is 1.88. The van der Waals surface area contributed by atoms with E-state index in [-0.39, 0.29) is 11.7 Å². The van der Waals surface area contributed by atoms with Gasteiger partial charge < -0.3 is 5.32 Å². The molecule has 1 heterocycles. The van der Waals surface area contributed by atoms with Gasteiger partial charge in [0.15, 0.2) is 6.29 Å². The van der Waals surface area contributed by atoms with E-state index in [2.05, 4.69) is 10.3 Å². The molecule has 1 N–H and O–H groups in total. The maximum Gasteiger partial charge on any atom is 0.151 e. The summed E-state index contributed by atoms with van der Waals surface area (Å²) in [6.07, 6.45) is 2.28. The van der Waals surface area contributed by atoms with Crippen LogP contribution in [0.1, 0.15) is 35.7 Å². The first-order valence-electron chi connectivity index (χ1n) is 6.18. The number of hydrogen-bond donors (Lipinski definition) is 1. The van der Waals surface area contributed by atoms with Crippen molar-refractivity contribution in [2.24, 2.45) is 0 Å². The van der Waals surface area contributed by atoms with E-state index in [1.54, 1.807) is 6.07 Å². The lowest BCUT2D eigenvalue weighted by Gasteiger charge is -2.12. The van der Waals surface area contributed by atoms with Crippen molar-refractivity contribution < 1.29 is 9.18 Å². The standard InChI is InChI=1S/C15H14ClFN2O/c1-9(2)12-6-15(18-7-10(12)8-20)19-14-5-11(17)3-4-13(14)16/h3-9H,1-2H3,(H,18,19). The molecule has 2 rings (SSSR count). The van der Waals surface area contributed by atoms with Crippen molar-refractivity contribution in [3.8, 4) is 0 Å². The maximum absolute atomic E-state index is 13.2. The second-order valence-corrected chi connectivity index (χ2v) is 5.13. The number of pyridine rings is 1. The minimum atomic E-state index is -0.384. The number of hydrogen-bond acceptors (Lipinski definition) is 3. The molecule has 0 fully saturated rings. The highest BCUT2D eigenvalue weighted by molar-refractivity contribution is 6.33. The molecule has 0 aliphatic heterocycles. The van der Waals surface area contributed by atoms with Crippen LogP contribution in [0.4, 0.5) is 15.9 Å². The zero-order valence-corrected chi connectivity index (χ0v) is 11.9. The average Bonchev–Trinajstić information content (AvgIpc) is 2.42. The molecule has 0 amide bonds. The summed E-state index contributed by atoms with van der Waals surface area (Å²) in [6, 6.07) is 5.83. The minimum absolute atomic E-state index is 0.182. The lowest BCUT2D eigenvalue weighted by atomic mass is 10.00. The number of aldehydes is 1. The summed E-state index contributed by atoms with van der Waals surface area (Å²) in [5, 5.41) is 3.36. The van der Waals surface area contributed by atoms with Gasteiger partial charge in [0.2, 0.25) is 0 Å². The third-order valence-corrected chi connectivity index (χ3v) is 3.24. The van der Waals surface area contributed by atoms with Crippen molar-refractivity contribution in [1.82, 2.24) is 4.98 Å². The van der Waals surface area contributed by atoms with Gasteiger partial charge in [0.1, 0.15) is 11.6 Å². The zero-order valence-electron chi connectivity index (χ0n) is 11.2. The van der Waals surface area contributed by atoms with Crippen LogP contribution >= 0.6 is 11.6 Å². The molecular formula is C15H14ClFN2O. The van der Waals surface area contributed by atoms with Crippen LogP contribution in [0.5, 0.6) is 0 Å². The molecule has 0 saturated heterocycles. The van der Waals surface area contributed by atoms with Gasteiger partial charge in [-0.05, 0) is 35.7 Å². The summed E-state index contributed by atoms with van der Waals surface area (Å²) in [7, 11) is 0. The van der Waals surface area contributed by atoms with Gasteiger partial charge in [0, 0.05) is 11.8 Å². The van der Waals surface area contributed by atoms with E-state index in [0.717, 1.165) is 11.8 Å². The number of nitrogens with one attached hydrogen (secondary N) is 1. The number of nitrogens with zero attached hydrogens (tertiary/aromatic N) is 1. The van der Waals surface area contributed by atoms with E-state index in [0.29, 0.717) is 22.1 Å². The first-order chi connectivity index (χ1) is 9.51. The molecule has 104 valence electrons. The van der Waals surface area contributed by atoms with Gasteiger partial charge in [-0.1, -0.05) is 25.4 Å². The van der Waals surface area contributed by atoms with Crippen LogP contribution in [0.2, 0.25) is 5.02 Å². The predicted octanol–water partition coefficient (Wildman–Crippen LogP) is 4.55. The summed E-state index contributed by atoms with van der Waals surface area (Å²) < 4.78 is 13.2. The van der Waals surface area contributed by atoms with Gasteiger partial charge in [-0.25, -0.2) is 9.37 Å². The number of rotatable bonds is 4. The molecule has 0 unspecified atom stereocenters. The van der Waals surface area contributed by atoms with Crippen LogP contribution in [0.3, 0.4) is 0 Å². The van der Waals surface area contributed by atoms with Gasteiger partial charge in [-0.15, -0.1) is 0 Å². The summed E-state index contributed by atoms with van der Waals surface area (Å²) in [6.45, 7) is 3.97. The Labute approximate surface area is 121 Å². The van der Waals surface area contributed by atoms with Gasteiger partial charge in [0.05, 0.1) is 10.7 Å². The Hall–Kier alpha value is -1.94. The van der Waals surface area contributed by atoms with E-state index >= 15 is 0 Å². The molecule has 0 saturated carbocycles. The Kier molecular flexibility index (Phi) is 4.35. The summed E-state index contributed by atoms with van der Waals surface area (Å²) in [5.41, 5.74) is 1.87. The average molecular weight is 293 g/mol. The lowest BCUT2D eigenvalue weighted by Crippen LogP contribution is -2.01. The molecule has 1 aromatic carbocycles. The Balaban J connectivity index is 2.36. The minimum Gasteiger partial charge on any atom is -0.339 e. The van der Waals surface area contributed by atoms with Crippen molar-refractivity contribution in [2.45, 2.75) is 19.8 Å². The quantitative estimate of drug-likeness (QED) is 0.840. The highest BCUT2D eigenvalue weighted by Crippen LogP contribution is 2.27. The third-order valence-electron chi connectivity index (χ3n) is 2.91. The number of halogens is 2. The van der Waals surface area contributed by atoms with Gasteiger partial charge in [0.25, 0.3) is 0 Å². The highest BCUT2D eigenvalue weighted by atomic mass is 35.5. The Morgan fingerprint density at radius 3 is 2.75 bits per heavy atom. The summed E-state index contributed by atoms with van der Waals surface area (Å²) >= 11 is 5.99. The Morgan fingerprint density at radius 2 is 2.10 bits per heavy atom. The Morgan fingerprint density at radius 1 is 1.35 bits per heavy atom. The fraction of sp³-hybridized carbons (Fsp3) is 0.200. The van der Waals surface area contributed by atoms with Gasteiger partial charge >= 0.3 is 0 Å². The van der Waals surface area contributed by atoms with E-state index < -0.39 is 0 Å². The van der Waals surface area contributed by atoms with E-state index in [9.17, 15) is 9.18 Å². The highest BCUT2D eigenvalue weighted by Gasteiger charge is 2.10. The number of carbonyl (C=O) groups excluding carboxylic acids is 1. The van der Waals surface area contributed by atoms with Crippen LogP contribution in [0.15, 0.2) is 30.5 Å². The van der Waals surface area contributed by atoms with E-state index in [1.165, 1.54) is 24.4 Å². The zero-order chi connectivity index (χ0) is 14.7. The van der Waals surface area contributed by atoms with Crippen LogP contribution in [0, 0.1) is 5.82 Å². The largest absolute Gasteiger partial charge is 0.339 e. The summed E-state index contributed by atoms with van der Waals surface area (Å²) in [5.74, 6) is 0.319. The van der Waals surface area contributed by atoms with Crippen LogP contribution < -0.4 is 5.32 Å². The molecule has 2 aromatic rings. The van der Waals surface area contributed by atoms with Crippen LogP contribution in [0.25, 0.3) is 0 Å². The second kappa shape index (κ2) is 6.01. The number of carbonyl (C=O) groups is 1. The first-order valence-corrected chi connectivity index (χ1v) is 6.56. The second-order valence-electron chi connectivity index (χ2n) is 4.72. The van der Waals surface area contributed by atoms with Crippen molar-refractivity contribution in [1.29, 1.82) is 0 Å². The SMILES string of the molecule is CC(C)c1cc(Nc2cc(F)ccc2Cl)ncc1C=O. The molecule has 0 atom stereocenters. The van der Waals surface area contributed by atoms with Crippen molar-refractivity contribution in [3.05, 3.63) is 52.4 Å². The van der Waals surface area contributed by atoms with Gasteiger partial charge in [-0.3, -0.25) is 4.79 Å². The first kappa shape index (κ1) is 14.5. The third kappa shape index (κ3) is 3.14. The molecule has 3 nitrogen and oxygen atoms in total. The molecule has 0 aliphatic rings. The molecule has 1 aromatic heterocycles. The molecule has 0 bridgehead atoms. The normalized spacial score (nSPS) is 10.7. The van der Waals surface area contributed by atoms with Crippen molar-refractivity contribution in [3.63, 3.8) is 0 Å². The molecular weight excluding hydrogens is 279 g/mol. The molecule has 20 heavy (non-hydrogen) atoms. The lowest BCUT2D eigenvalue weighted by molar-refractivity contribution is 0.112. The number of benzene rings is 1. The number of anilines is 2. The molecule has 5 heteroatoms. The van der Waals surface area contributed by atoms with Crippen LogP contribution in [-0.2, 0) is 0 Å². The Bertz CT molecular complexity index is 644. The maximum atomic E-state index is 13.2. The van der Waals surface area contributed by atoms with Gasteiger partial charge in [-0.2, -0.15) is 0 Å². The molecule has 0 aliphatic carbocycles.